The number of carbonyl (C=O) groups is 3. The number of nitrogens with zero attached hydrogens (tertiary/aromatic N) is 3. The van der Waals surface area contributed by atoms with Crippen LogP contribution in [-0.2, 0) is 40.3 Å². The van der Waals surface area contributed by atoms with Crippen LogP contribution in [0.1, 0.15) is 63.8 Å². The highest BCUT2D eigenvalue weighted by Crippen LogP contribution is 2.36. The molecule has 3 heterocycles. The number of nitrogens with two attached hydrogens (primary N) is 2. The number of carboxylic acid groups (broad SMARTS) is 1. The molecule has 0 bridgehead atoms. The molecule has 3 aliphatic rings. The number of hydroxylamine groups is 2. The van der Waals surface area contributed by atoms with Gasteiger partial charge in [-0.1, -0.05) is 5.16 Å². The number of nitrogens with one attached hydrogen (secondary N) is 3. The number of β-lactam (4-membered cyclic amide) rings is 1. The molecule has 48 heavy (non-hydrogen) atoms. The number of aryl methyl sites for hydroxylation is 1. The molecule has 2 fully saturated rings. The number of amidine groups is 1. The summed E-state index contributed by atoms with van der Waals surface area (Å²) in [7, 11) is -5.03. The van der Waals surface area contributed by atoms with Gasteiger partial charge in [-0.3, -0.25) is 19.6 Å². The van der Waals surface area contributed by atoms with Gasteiger partial charge in [0.25, 0.3) is 17.4 Å². The fourth-order valence-corrected chi connectivity index (χ4v) is 6.79. The Morgan fingerprint density at radius 2 is 1.96 bits per heavy atom. The maximum atomic E-state index is 13.4. The number of anilines is 1. The first-order valence-electron chi connectivity index (χ1n) is 14.7. The first-order chi connectivity index (χ1) is 22.2. The highest BCUT2D eigenvalue weighted by Gasteiger charge is 2.58. The highest BCUT2D eigenvalue weighted by molar-refractivity contribution is 7.80. The topological polar surface area (TPSA) is 282 Å². The van der Waals surface area contributed by atoms with Gasteiger partial charge in [0.1, 0.15) is 23.3 Å². The van der Waals surface area contributed by atoms with Crippen LogP contribution in [0.15, 0.2) is 28.7 Å². The Balaban J connectivity index is 1.33. The molecule has 1 aliphatic carbocycles. The van der Waals surface area contributed by atoms with Crippen LogP contribution in [0, 0.1) is 5.41 Å². The molecule has 0 spiro atoms. The predicted octanol–water partition coefficient (Wildman–Crippen LogP) is 0.318. The maximum absolute atomic E-state index is 13.4. The van der Waals surface area contributed by atoms with E-state index in [0.717, 1.165) is 29.7 Å². The minimum Gasteiger partial charge on any atom is -0.485 e. The second kappa shape index (κ2) is 12.3. The molecule has 2 aliphatic heterocycles. The van der Waals surface area contributed by atoms with Crippen LogP contribution in [0.5, 0.6) is 5.75 Å². The quantitative estimate of drug-likeness (QED) is 0.0544. The zero-order valence-electron chi connectivity index (χ0n) is 26.3. The van der Waals surface area contributed by atoms with Crippen molar-refractivity contribution < 1.29 is 46.3 Å². The molecule has 18 nitrogen and oxygen atoms in total. The van der Waals surface area contributed by atoms with Gasteiger partial charge in [0, 0.05) is 22.5 Å². The fourth-order valence-electron chi connectivity index (χ4n) is 5.78. The van der Waals surface area contributed by atoms with E-state index >= 15 is 0 Å². The molecule has 2 amide bonds. The molecule has 0 radical (unpaired) electrons. The Kier molecular flexibility index (Phi) is 8.93. The molecule has 3 atom stereocenters. The first-order valence-corrected chi connectivity index (χ1v) is 16.9. The standard InChI is InChI=1S/C28H36N8O10S2/c1-26(2)20(23(38)36(26)46-48(41,42)43)34-22(37)19(16-12-47-25(30)33-16)35-45-28(4,24(39)40)18-8-6-13-9-14(5-7-17(13)44-18)21(29)32-15-10-27(3,31)11-15/h5,7,9,12,15,18,20H,6,8,10-11,31H2,1-4H3,(H2,29,32)(H2,30,33)(H,34,37)(H,39,40)(H,41,42,43)/b35-19-/t15-,18-,20-,27+,28+/m1/s1. The number of carboxylic acids is 1. The lowest BCUT2D eigenvalue weighted by Crippen LogP contribution is -2.76. The number of hydrogen-bond donors (Lipinski definition) is 7. The van der Waals surface area contributed by atoms with Gasteiger partial charge >= 0.3 is 16.4 Å². The Hall–Kier alpha value is -4.37. The lowest BCUT2D eigenvalue weighted by Gasteiger charge is -2.50. The number of aromatic nitrogens is 1. The summed E-state index contributed by atoms with van der Waals surface area (Å²) in [4.78, 5) is 48.2. The molecular formula is C28H36N8O10S2. The monoisotopic (exact) mass is 708 g/mol. The van der Waals surface area contributed by atoms with Crippen molar-refractivity contribution >= 4 is 56.2 Å². The van der Waals surface area contributed by atoms with E-state index in [2.05, 4.69) is 25.1 Å². The maximum Gasteiger partial charge on any atom is 0.418 e. The molecule has 260 valence electrons. The van der Waals surface area contributed by atoms with Crippen molar-refractivity contribution in [1.82, 2.24) is 20.7 Å². The summed E-state index contributed by atoms with van der Waals surface area (Å²) in [5, 5.41) is 30.0. The zero-order valence-corrected chi connectivity index (χ0v) is 28.0. The summed E-state index contributed by atoms with van der Waals surface area (Å²) in [5.41, 5.74) is 8.82. The smallest absolute Gasteiger partial charge is 0.418 e. The number of aliphatic carboxylic acids is 1. The van der Waals surface area contributed by atoms with Gasteiger partial charge in [-0.05, 0) is 77.1 Å². The average Bonchev–Trinajstić information content (AvgIpc) is 3.41. The largest absolute Gasteiger partial charge is 0.485 e. The van der Waals surface area contributed by atoms with E-state index in [1.165, 1.54) is 26.2 Å². The molecule has 1 aromatic heterocycles. The van der Waals surface area contributed by atoms with Crippen molar-refractivity contribution in [2.24, 2.45) is 10.9 Å². The number of hydrogen-bond acceptors (Lipinski definition) is 14. The van der Waals surface area contributed by atoms with Gasteiger partial charge in [0.2, 0.25) is 0 Å². The Bertz CT molecular complexity index is 1800. The number of rotatable bonds is 11. The molecule has 1 saturated carbocycles. The number of oxime groups is 1. The lowest BCUT2D eigenvalue weighted by atomic mass is 9.75. The van der Waals surface area contributed by atoms with Crippen LogP contribution in [0.3, 0.4) is 0 Å². The third kappa shape index (κ3) is 6.92. The van der Waals surface area contributed by atoms with Gasteiger partial charge in [-0.15, -0.1) is 15.6 Å². The minimum atomic E-state index is -5.03. The average molecular weight is 709 g/mol. The van der Waals surface area contributed by atoms with Crippen LogP contribution in [-0.4, -0.2) is 92.3 Å². The van der Waals surface area contributed by atoms with Crippen molar-refractivity contribution in [3.63, 3.8) is 0 Å². The van der Waals surface area contributed by atoms with E-state index in [1.54, 1.807) is 18.2 Å². The third-order valence-electron chi connectivity index (χ3n) is 8.53. The molecule has 20 heteroatoms. The summed E-state index contributed by atoms with van der Waals surface area (Å²) >= 11 is 0.961. The van der Waals surface area contributed by atoms with E-state index in [-0.39, 0.29) is 34.7 Å². The highest BCUT2D eigenvalue weighted by atomic mass is 32.3. The minimum absolute atomic E-state index is 0.0553. The van der Waals surface area contributed by atoms with Gasteiger partial charge < -0.3 is 36.8 Å². The fraction of sp³-hybridized carbons (Fsp3) is 0.500. The third-order valence-corrected chi connectivity index (χ3v) is 9.55. The summed E-state index contributed by atoms with van der Waals surface area (Å²) in [5.74, 6) is -2.83. The van der Waals surface area contributed by atoms with Crippen molar-refractivity contribution in [2.75, 3.05) is 5.73 Å². The number of thiazole rings is 1. The number of benzene rings is 1. The van der Waals surface area contributed by atoms with Crippen LogP contribution in [0.4, 0.5) is 5.13 Å². The molecule has 0 unspecified atom stereocenters. The zero-order chi connectivity index (χ0) is 35.4. The van der Waals surface area contributed by atoms with Crippen LogP contribution in [0.25, 0.3) is 0 Å². The Morgan fingerprint density at radius 3 is 2.52 bits per heavy atom. The van der Waals surface area contributed by atoms with E-state index in [9.17, 15) is 27.9 Å². The van der Waals surface area contributed by atoms with E-state index in [4.69, 9.17) is 31.0 Å². The number of carbonyl (C=O) groups excluding carboxylic acids is 2. The summed E-state index contributed by atoms with van der Waals surface area (Å²) in [6.07, 6.45) is 1.00. The van der Waals surface area contributed by atoms with Crippen molar-refractivity contribution in [3.8, 4) is 5.75 Å². The van der Waals surface area contributed by atoms with Crippen molar-refractivity contribution in [3.05, 3.63) is 40.4 Å². The van der Waals surface area contributed by atoms with E-state index in [1.807, 2.05) is 6.92 Å². The molecule has 1 saturated heterocycles. The second-order valence-corrected chi connectivity index (χ2v) is 14.8. The number of ether oxygens (including phenoxy) is 1. The summed E-state index contributed by atoms with van der Waals surface area (Å²) < 4.78 is 41.7. The normalized spacial score (nSPS) is 26.1. The van der Waals surface area contributed by atoms with Gasteiger partial charge in [0.15, 0.2) is 16.9 Å². The number of nitrogen functional groups attached to an aromatic ring is 1. The van der Waals surface area contributed by atoms with Crippen LogP contribution >= 0.6 is 11.3 Å². The molecule has 1 aromatic carbocycles. The lowest BCUT2D eigenvalue weighted by molar-refractivity contribution is -0.218. The van der Waals surface area contributed by atoms with E-state index in [0.29, 0.717) is 22.8 Å². The SMILES string of the molecule is CC1(C)[C@H](NC(=O)/C(=N\O[C@](C)(C(=O)O)[C@H]2CCc3cc(C(=N)N[C@H]4C[C@@](C)(N)C4)ccc3O2)c2csc(N)n2)C(=O)N1OS(=O)(=O)O. The van der Waals surface area contributed by atoms with Crippen LogP contribution < -0.4 is 26.8 Å². The van der Waals surface area contributed by atoms with Gasteiger partial charge in [0.05, 0.1) is 5.54 Å². The molecule has 2 aromatic rings. The summed E-state index contributed by atoms with van der Waals surface area (Å²) in [6, 6.07) is 3.91. The van der Waals surface area contributed by atoms with Crippen molar-refractivity contribution in [1.29, 1.82) is 5.41 Å². The number of fused-ring (bicyclic) bond motifs is 1. The van der Waals surface area contributed by atoms with Gasteiger partial charge in [-0.2, -0.15) is 13.5 Å². The molecule has 5 rings (SSSR count). The Labute approximate surface area is 279 Å². The number of amides is 2. The summed E-state index contributed by atoms with van der Waals surface area (Å²) in [6.45, 7) is 5.93. The van der Waals surface area contributed by atoms with Crippen molar-refractivity contribution in [2.45, 2.75) is 88.2 Å². The molecular weight excluding hydrogens is 672 g/mol. The first kappa shape index (κ1) is 35.0. The Morgan fingerprint density at radius 1 is 1.27 bits per heavy atom. The van der Waals surface area contributed by atoms with Gasteiger partial charge in [-0.25, -0.2) is 9.78 Å². The van der Waals surface area contributed by atoms with E-state index < -0.39 is 57.2 Å². The predicted molar refractivity (Wildman–Crippen MR) is 170 cm³/mol. The van der Waals surface area contributed by atoms with Crippen LogP contribution in [0.2, 0.25) is 0 Å². The molecule has 9 N–H and O–H groups in total. The second-order valence-electron chi connectivity index (χ2n) is 13.0.